The molecule has 3 heteroatoms. The Balaban J connectivity index is 2.05. The van der Waals surface area contributed by atoms with Gasteiger partial charge in [0, 0.05) is 21.9 Å². The number of nitrogen functional groups attached to an aromatic ring is 1. The van der Waals surface area contributed by atoms with Gasteiger partial charge in [-0.1, -0.05) is 6.07 Å². The minimum absolute atomic E-state index is 0.850. The van der Waals surface area contributed by atoms with Crippen molar-refractivity contribution in [2.24, 2.45) is 0 Å². The van der Waals surface area contributed by atoms with Crippen molar-refractivity contribution in [1.82, 2.24) is 0 Å². The predicted molar refractivity (Wildman–Crippen MR) is 63.9 cm³/mol. The van der Waals surface area contributed by atoms with Crippen LogP contribution in [0, 0.1) is 6.92 Å². The van der Waals surface area contributed by atoms with Crippen LogP contribution < -0.4 is 5.73 Å². The summed E-state index contributed by atoms with van der Waals surface area (Å²) in [5.41, 5.74) is 9.14. The van der Waals surface area contributed by atoms with E-state index in [0.717, 1.165) is 16.3 Å². The molecule has 78 valence electrons. The molecule has 2 rings (SSSR count). The molecule has 0 unspecified atom stereocenters. The van der Waals surface area contributed by atoms with Gasteiger partial charge in [0.25, 0.3) is 0 Å². The molecule has 2 nitrogen and oxygen atoms in total. The first-order valence-electron chi connectivity index (χ1n) is 4.76. The number of benzene rings is 1. The molecular formula is C12H13NOS. The third-order valence-electron chi connectivity index (χ3n) is 2.14. The fourth-order valence-electron chi connectivity index (χ4n) is 1.34. The number of thioether (sulfide) groups is 1. The number of anilines is 1. The third kappa shape index (κ3) is 2.57. The van der Waals surface area contributed by atoms with Gasteiger partial charge in [0.15, 0.2) is 0 Å². The van der Waals surface area contributed by atoms with Gasteiger partial charge in [-0.05, 0) is 30.7 Å². The second-order valence-electron chi connectivity index (χ2n) is 3.46. The Hall–Kier alpha value is -1.35. The van der Waals surface area contributed by atoms with Gasteiger partial charge in [-0.3, -0.25) is 0 Å². The highest BCUT2D eigenvalue weighted by atomic mass is 32.2. The van der Waals surface area contributed by atoms with Gasteiger partial charge < -0.3 is 10.2 Å². The molecule has 0 aliphatic heterocycles. The fraction of sp³-hybridized carbons (Fsp3) is 0.167. The van der Waals surface area contributed by atoms with Gasteiger partial charge >= 0.3 is 0 Å². The number of hydrogen-bond donors (Lipinski definition) is 1. The summed E-state index contributed by atoms with van der Waals surface area (Å²) >= 11 is 1.73. The number of furan rings is 1. The highest BCUT2D eigenvalue weighted by molar-refractivity contribution is 7.98. The Kier molecular flexibility index (Phi) is 3.02. The van der Waals surface area contributed by atoms with E-state index in [1.807, 2.05) is 19.1 Å². The van der Waals surface area contributed by atoms with E-state index < -0.39 is 0 Å². The zero-order valence-electron chi connectivity index (χ0n) is 8.57. The van der Waals surface area contributed by atoms with Crippen molar-refractivity contribution >= 4 is 17.4 Å². The Morgan fingerprint density at radius 3 is 2.87 bits per heavy atom. The zero-order valence-corrected chi connectivity index (χ0v) is 9.38. The highest BCUT2D eigenvalue weighted by Crippen LogP contribution is 2.28. The first kappa shape index (κ1) is 10.2. The Morgan fingerprint density at radius 1 is 1.33 bits per heavy atom. The van der Waals surface area contributed by atoms with Crippen LogP contribution in [-0.2, 0) is 5.75 Å². The van der Waals surface area contributed by atoms with Crippen LogP contribution in [0.2, 0.25) is 0 Å². The summed E-state index contributed by atoms with van der Waals surface area (Å²) in [5.74, 6) is 0.893. The number of rotatable bonds is 3. The molecule has 0 aliphatic rings. The van der Waals surface area contributed by atoms with Crippen molar-refractivity contribution in [2.45, 2.75) is 17.6 Å². The number of nitrogens with two attached hydrogens (primary N) is 1. The van der Waals surface area contributed by atoms with Crippen LogP contribution >= 0.6 is 11.8 Å². The summed E-state index contributed by atoms with van der Waals surface area (Å²) in [7, 11) is 0. The van der Waals surface area contributed by atoms with E-state index in [0.29, 0.717) is 0 Å². The minimum atomic E-state index is 0.850. The smallest absolute Gasteiger partial charge is 0.0943 e. The molecule has 0 aliphatic carbocycles. The third-order valence-corrected chi connectivity index (χ3v) is 3.30. The summed E-state index contributed by atoms with van der Waals surface area (Å²) < 4.78 is 5.01. The lowest BCUT2D eigenvalue weighted by molar-refractivity contribution is 0.565. The lowest BCUT2D eigenvalue weighted by Gasteiger charge is -2.04. The van der Waals surface area contributed by atoms with E-state index in [2.05, 4.69) is 12.1 Å². The maximum absolute atomic E-state index is 5.92. The Labute approximate surface area is 93.5 Å². The average molecular weight is 219 g/mol. The molecule has 0 saturated carbocycles. The molecule has 1 aromatic heterocycles. The molecule has 1 heterocycles. The van der Waals surface area contributed by atoms with Gasteiger partial charge in [-0.25, -0.2) is 0 Å². The van der Waals surface area contributed by atoms with E-state index in [1.54, 1.807) is 24.3 Å². The fourth-order valence-corrected chi connectivity index (χ4v) is 2.21. The van der Waals surface area contributed by atoms with E-state index in [9.17, 15) is 0 Å². The molecule has 1 aromatic carbocycles. The van der Waals surface area contributed by atoms with E-state index >= 15 is 0 Å². The number of hydrogen-bond acceptors (Lipinski definition) is 3. The minimum Gasteiger partial charge on any atom is -0.472 e. The van der Waals surface area contributed by atoms with Gasteiger partial charge in [-0.2, -0.15) is 0 Å². The first-order valence-corrected chi connectivity index (χ1v) is 5.74. The summed E-state index contributed by atoms with van der Waals surface area (Å²) in [6.07, 6.45) is 3.45. The van der Waals surface area contributed by atoms with Gasteiger partial charge in [-0.15, -0.1) is 11.8 Å². The van der Waals surface area contributed by atoms with Gasteiger partial charge in [0.1, 0.15) is 0 Å². The normalized spacial score (nSPS) is 10.5. The lowest BCUT2D eigenvalue weighted by Crippen LogP contribution is -1.89. The molecule has 2 aromatic rings. The number of aryl methyl sites for hydroxylation is 1. The van der Waals surface area contributed by atoms with E-state index in [4.69, 9.17) is 10.2 Å². The monoisotopic (exact) mass is 219 g/mol. The van der Waals surface area contributed by atoms with Crippen molar-refractivity contribution in [2.75, 3.05) is 5.73 Å². The van der Waals surface area contributed by atoms with Crippen LogP contribution in [-0.4, -0.2) is 0 Å². The standard InChI is InChI=1S/C12H13NOS/c1-9-2-3-12(11(13)6-9)15-8-10-4-5-14-7-10/h2-7H,8,13H2,1H3. The largest absolute Gasteiger partial charge is 0.472 e. The molecular weight excluding hydrogens is 206 g/mol. The second kappa shape index (κ2) is 4.45. The van der Waals surface area contributed by atoms with Gasteiger partial charge in [0.2, 0.25) is 0 Å². The molecule has 0 saturated heterocycles. The van der Waals surface area contributed by atoms with Crippen LogP contribution in [0.25, 0.3) is 0 Å². The molecule has 0 atom stereocenters. The topological polar surface area (TPSA) is 39.2 Å². The van der Waals surface area contributed by atoms with Crippen molar-refractivity contribution in [3.63, 3.8) is 0 Å². The maximum atomic E-state index is 5.92. The molecule has 0 spiro atoms. The molecule has 0 bridgehead atoms. The Bertz CT molecular complexity index is 437. The molecule has 2 N–H and O–H groups in total. The highest BCUT2D eigenvalue weighted by Gasteiger charge is 2.01. The van der Waals surface area contributed by atoms with Gasteiger partial charge in [0.05, 0.1) is 12.5 Å². The van der Waals surface area contributed by atoms with Crippen LogP contribution in [0.5, 0.6) is 0 Å². The predicted octanol–water partition coefficient (Wildman–Crippen LogP) is 3.46. The van der Waals surface area contributed by atoms with Crippen LogP contribution in [0.3, 0.4) is 0 Å². The van der Waals surface area contributed by atoms with E-state index in [1.165, 1.54) is 11.1 Å². The van der Waals surface area contributed by atoms with Crippen molar-refractivity contribution < 1.29 is 4.42 Å². The quantitative estimate of drug-likeness (QED) is 0.634. The van der Waals surface area contributed by atoms with Crippen LogP contribution in [0.4, 0.5) is 5.69 Å². The summed E-state index contributed by atoms with van der Waals surface area (Å²) in [5, 5.41) is 0. The zero-order chi connectivity index (χ0) is 10.7. The van der Waals surface area contributed by atoms with Crippen molar-refractivity contribution in [1.29, 1.82) is 0 Å². The van der Waals surface area contributed by atoms with Crippen LogP contribution in [0.1, 0.15) is 11.1 Å². The second-order valence-corrected chi connectivity index (χ2v) is 4.48. The summed E-state index contributed by atoms with van der Waals surface area (Å²) in [4.78, 5) is 1.13. The maximum Gasteiger partial charge on any atom is 0.0943 e. The molecule has 0 fully saturated rings. The summed E-state index contributed by atoms with van der Waals surface area (Å²) in [6, 6.07) is 8.11. The molecule has 0 radical (unpaired) electrons. The van der Waals surface area contributed by atoms with Crippen molar-refractivity contribution in [3.8, 4) is 0 Å². The Morgan fingerprint density at radius 2 is 2.20 bits per heavy atom. The average Bonchev–Trinajstić information content (AvgIpc) is 2.69. The SMILES string of the molecule is Cc1ccc(SCc2ccoc2)c(N)c1. The molecule has 15 heavy (non-hydrogen) atoms. The van der Waals surface area contributed by atoms with Crippen LogP contribution in [0.15, 0.2) is 46.1 Å². The van der Waals surface area contributed by atoms with E-state index in [-0.39, 0.29) is 0 Å². The molecule has 0 amide bonds. The van der Waals surface area contributed by atoms with Crippen molar-refractivity contribution in [3.05, 3.63) is 47.9 Å². The summed E-state index contributed by atoms with van der Waals surface area (Å²) in [6.45, 7) is 2.04. The lowest BCUT2D eigenvalue weighted by atomic mass is 10.2. The first-order chi connectivity index (χ1) is 7.25.